The zero-order valence-electron chi connectivity index (χ0n) is 9.41. The molecule has 0 fully saturated rings. The predicted molar refractivity (Wildman–Crippen MR) is 69.0 cm³/mol. The maximum absolute atomic E-state index is 10.6. The lowest BCUT2D eigenvalue weighted by Gasteiger charge is -1.96. The fourth-order valence-corrected chi connectivity index (χ4v) is 1.50. The lowest BCUT2D eigenvalue weighted by molar-refractivity contribution is -0.384. The fourth-order valence-electron chi connectivity index (χ4n) is 1.50. The second kappa shape index (κ2) is 5.14. The standard InChI is InChI=1S/C14H10NO3/c16-14-6-2-4-12(10-14)8-7-11-3-1-5-13(9-11)15(17)18/h1-3,5-10,16H. The molecular weight excluding hydrogens is 230 g/mol. The molecule has 18 heavy (non-hydrogen) atoms. The number of non-ortho nitro benzene ring substituents is 1. The van der Waals surface area contributed by atoms with Gasteiger partial charge in [-0.15, -0.1) is 0 Å². The molecule has 2 aromatic carbocycles. The topological polar surface area (TPSA) is 63.4 Å². The first-order valence-corrected chi connectivity index (χ1v) is 5.28. The van der Waals surface area contributed by atoms with Gasteiger partial charge in [-0.2, -0.15) is 0 Å². The van der Waals surface area contributed by atoms with E-state index in [1.165, 1.54) is 18.2 Å². The number of aromatic hydroxyl groups is 1. The number of phenols is 1. The molecule has 0 spiro atoms. The Hall–Kier alpha value is -2.62. The molecule has 0 unspecified atom stereocenters. The van der Waals surface area contributed by atoms with Crippen LogP contribution in [-0.2, 0) is 0 Å². The predicted octanol–water partition coefficient (Wildman–Crippen LogP) is 3.27. The lowest BCUT2D eigenvalue weighted by Crippen LogP contribution is -1.87. The summed E-state index contributed by atoms with van der Waals surface area (Å²) in [5, 5.41) is 19.9. The third-order valence-corrected chi connectivity index (χ3v) is 2.34. The molecule has 0 amide bonds. The molecule has 0 aromatic heterocycles. The largest absolute Gasteiger partial charge is 0.508 e. The van der Waals surface area contributed by atoms with Gasteiger partial charge in [0.15, 0.2) is 0 Å². The van der Waals surface area contributed by atoms with Crippen molar-refractivity contribution in [3.05, 3.63) is 69.8 Å². The fraction of sp³-hybridized carbons (Fsp3) is 0. The molecule has 1 N–H and O–H groups in total. The van der Waals surface area contributed by atoms with Crippen molar-refractivity contribution in [2.24, 2.45) is 0 Å². The van der Waals surface area contributed by atoms with Crippen molar-refractivity contribution in [2.45, 2.75) is 0 Å². The van der Waals surface area contributed by atoms with Crippen LogP contribution in [0.2, 0.25) is 0 Å². The summed E-state index contributed by atoms with van der Waals surface area (Å²) in [5.41, 5.74) is 1.49. The zero-order valence-corrected chi connectivity index (χ0v) is 9.41. The summed E-state index contributed by atoms with van der Waals surface area (Å²) in [7, 11) is 0. The van der Waals surface area contributed by atoms with Gasteiger partial charge in [-0.05, 0) is 29.3 Å². The molecule has 0 aliphatic carbocycles. The molecule has 0 heterocycles. The number of hydrogen-bond acceptors (Lipinski definition) is 3. The Labute approximate surface area is 104 Å². The van der Waals surface area contributed by atoms with E-state index in [1.807, 2.05) is 0 Å². The second-order valence-corrected chi connectivity index (χ2v) is 3.69. The molecule has 0 saturated heterocycles. The third kappa shape index (κ3) is 2.95. The number of benzene rings is 2. The molecular formula is C14H10NO3. The summed E-state index contributed by atoms with van der Waals surface area (Å²) in [6.07, 6.45) is 3.47. The second-order valence-electron chi connectivity index (χ2n) is 3.69. The normalized spacial score (nSPS) is 10.7. The first-order valence-electron chi connectivity index (χ1n) is 5.28. The van der Waals surface area contributed by atoms with Crippen LogP contribution >= 0.6 is 0 Å². The minimum atomic E-state index is -0.433. The average molecular weight is 240 g/mol. The highest BCUT2D eigenvalue weighted by Crippen LogP contribution is 2.17. The van der Waals surface area contributed by atoms with Crippen LogP contribution in [0.4, 0.5) is 5.69 Å². The number of rotatable bonds is 3. The summed E-state index contributed by atoms with van der Waals surface area (Å²) < 4.78 is 0. The quantitative estimate of drug-likeness (QED) is 0.508. The minimum Gasteiger partial charge on any atom is -0.508 e. The molecule has 0 bridgehead atoms. The van der Waals surface area contributed by atoms with Crippen LogP contribution in [0.25, 0.3) is 12.2 Å². The Morgan fingerprint density at radius 2 is 2.06 bits per heavy atom. The summed E-state index contributed by atoms with van der Waals surface area (Å²) in [5.74, 6) is 0.160. The highest BCUT2D eigenvalue weighted by atomic mass is 16.6. The Kier molecular flexibility index (Phi) is 3.38. The maximum atomic E-state index is 10.6. The van der Waals surface area contributed by atoms with Gasteiger partial charge in [-0.3, -0.25) is 10.1 Å². The minimum absolute atomic E-state index is 0.0528. The number of nitro groups is 1. The van der Waals surface area contributed by atoms with Crippen LogP contribution in [0.5, 0.6) is 5.75 Å². The van der Waals surface area contributed by atoms with Crippen molar-refractivity contribution in [1.82, 2.24) is 0 Å². The number of phenolic OH excluding ortho intramolecular Hbond substituents is 1. The van der Waals surface area contributed by atoms with Gasteiger partial charge in [0.2, 0.25) is 0 Å². The Morgan fingerprint density at radius 3 is 2.78 bits per heavy atom. The molecule has 0 aliphatic rings. The SMILES string of the molecule is O=[N+]([O-])c1cccc(C=Cc2[c]ccc(O)c2)c1. The smallest absolute Gasteiger partial charge is 0.270 e. The van der Waals surface area contributed by atoms with E-state index in [1.54, 1.807) is 36.4 Å². The van der Waals surface area contributed by atoms with Gasteiger partial charge in [0.25, 0.3) is 5.69 Å². The van der Waals surface area contributed by atoms with E-state index in [-0.39, 0.29) is 11.4 Å². The van der Waals surface area contributed by atoms with Crippen molar-refractivity contribution in [1.29, 1.82) is 0 Å². The van der Waals surface area contributed by atoms with E-state index >= 15 is 0 Å². The first-order chi connectivity index (χ1) is 8.65. The Morgan fingerprint density at radius 1 is 1.22 bits per heavy atom. The molecule has 0 aliphatic heterocycles. The molecule has 4 nitrogen and oxygen atoms in total. The van der Waals surface area contributed by atoms with Gasteiger partial charge in [0.05, 0.1) is 4.92 Å². The van der Waals surface area contributed by atoms with E-state index in [0.717, 1.165) is 5.56 Å². The lowest BCUT2D eigenvalue weighted by atomic mass is 10.1. The van der Waals surface area contributed by atoms with Crippen molar-refractivity contribution < 1.29 is 10.0 Å². The van der Waals surface area contributed by atoms with Gasteiger partial charge in [0, 0.05) is 12.1 Å². The van der Waals surface area contributed by atoms with Gasteiger partial charge >= 0.3 is 0 Å². The molecule has 1 radical (unpaired) electrons. The number of nitro benzene ring substituents is 1. The van der Waals surface area contributed by atoms with Crippen molar-refractivity contribution in [2.75, 3.05) is 0 Å². The summed E-state index contributed by atoms with van der Waals surface area (Å²) in [6.45, 7) is 0. The van der Waals surface area contributed by atoms with Crippen molar-refractivity contribution in [3.63, 3.8) is 0 Å². The highest BCUT2D eigenvalue weighted by Gasteiger charge is 2.03. The molecule has 89 valence electrons. The van der Waals surface area contributed by atoms with Gasteiger partial charge in [0.1, 0.15) is 5.75 Å². The van der Waals surface area contributed by atoms with Gasteiger partial charge in [-0.25, -0.2) is 0 Å². The zero-order chi connectivity index (χ0) is 13.0. The average Bonchev–Trinajstić information content (AvgIpc) is 2.37. The third-order valence-electron chi connectivity index (χ3n) is 2.34. The number of hydrogen-bond donors (Lipinski definition) is 1. The summed E-state index contributed by atoms with van der Waals surface area (Å²) in [4.78, 5) is 10.2. The van der Waals surface area contributed by atoms with Crippen molar-refractivity contribution in [3.8, 4) is 5.75 Å². The first kappa shape index (κ1) is 11.9. The van der Waals surface area contributed by atoms with Crippen LogP contribution in [0.1, 0.15) is 11.1 Å². The Balaban J connectivity index is 2.23. The number of nitrogens with zero attached hydrogens (tertiary/aromatic N) is 1. The van der Waals surface area contributed by atoms with Gasteiger partial charge < -0.3 is 5.11 Å². The molecule has 0 atom stereocenters. The Bertz CT molecular complexity index is 605. The van der Waals surface area contributed by atoms with Crippen LogP contribution in [0.3, 0.4) is 0 Å². The monoisotopic (exact) mass is 240 g/mol. The van der Waals surface area contributed by atoms with Crippen LogP contribution in [0, 0.1) is 16.2 Å². The maximum Gasteiger partial charge on any atom is 0.270 e. The molecule has 2 aromatic rings. The van der Waals surface area contributed by atoms with Crippen LogP contribution < -0.4 is 0 Å². The van der Waals surface area contributed by atoms with Crippen molar-refractivity contribution >= 4 is 17.8 Å². The van der Waals surface area contributed by atoms with Crippen LogP contribution in [0.15, 0.2) is 42.5 Å². The summed E-state index contributed by atoms with van der Waals surface area (Å²) >= 11 is 0. The molecule has 4 heteroatoms. The van der Waals surface area contributed by atoms with E-state index in [9.17, 15) is 15.2 Å². The molecule has 0 saturated carbocycles. The van der Waals surface area contributed by atoms with E-state index in [4.69, 9.17) is 0 Å². The van der Waals surface area contributed by atoms with Gasteiger partial charge in [-0.1, -0.05) is 30.4 Å². The van der Waals surface area contributed by atoms with E-state index in [0.29, 0.717) is 5.56 Å². The summed E-state index contributed by atoms with van der Waals surface area (Å²) in [6, 6.07) is 14.0. The van der Waals surface area contributed by atoms with Crippen LogP contribution in [-0.4, -0.2) is 10.0 Å². The van der Waals surface area contributed by atoms with E-state index < -0.39 is 4.92 Å². The highest BCUT2D eigenvalue weighted by molar-refractivity contribution is 5.70. The molecule has 2 rings (SSSR count). The van der Waals surface area contributed by atoms with E-state index in [2.05, 4.69) is 6.07 Å².